The molecule has 0 N–H and O–H groups in total. The first-order chi connectivity index (χ1) is 5.27. The molecule has 0 amide bonds. The number of rotatable bonds is 3. The molecule has 60 valence electrons. The van der Waals surface area contributed by atoms with Gasteiger partial charge in [-0.2, -0.15) is 0 Å². The van der Waals surface area contributed by atoms with Crippen molar-refractivity contribution in [2.75, 3.05) is 7.11 Å². The van der Waals surface area contributed by atoms with Gasteiger partial charge in [-0.1, -0.05) is 0 Å². The van der Waals surface area contributed by atoms with E-state index in [0.717, 1.165) is 16.2 Å². The summed E-state index contributed by atoms with van der Waals surface area (Å²) in [5.74, 6) is 0. The van der Waals surface area contributed by atoms with Gasteiger partial charge in [-0.3, -0.25) is 4.79 Å². The van der Waals surface area contributed by atoms with Crippen molar-refractivity contribution in [3.05, 3.63) is 16.1 Å². The maximum Gasteiger partial charge on any atom is 0.164 e. The third-order valence-electron chi connectivity index (χ3n) is 1.26. The van der Waals surface area contributed by atoms with Crippen LogP contribution in [-0.2, 0) is 9.53 Å². The summed E-state index contributed by atoms with van der Waals surface area (Å²) in [6.07, 6.45) is 1.99. The van der Waals surface area contributed by atoms with E-state index < -0.39 is 6.10 Å². The number of carbonyl (C=O) groups is 1. The molecule has 1 atom stereocenters. The Hall–Kier alpha value is -0.740. The molecule has 11 heavy (non-hydrogen) atoms. The largest absolute Gasteiger partial charge is 0.367 e. The summed E-state index contributed by atoms with van der Waals surface area (Å²) in [7, 11) is 1.50. The van der Waals surface area contributed by atoms with Crippen LogP contribution in [-0.4, -0.2) is 18.4 Å². The molecular weight excluding hydrogens is 162 g/mol. The van der Waals surface area contributed by atoms with Crippen molar-refractivity contribution in [3.63, 3.8) is 0 Å². The normalized spacial score (nSPS) is 12.9. The van der Waals surface area contributed by atoms with Crippen molar-refractivity contribution in [3.8, 4) is 0 Å². The number of nitrogens with zero attached hydrogens (tertiary/aromatic N) is 1. The first-order valence-corrected chi connectivity index (χ1v) is 4.00. The van der Waals surface area contributed by atoms with Gasteiger partial charge in [0.25, 0.3) is 0 Å². The van der Waals surface area contributed by atoms with Crippen LogP contribution in [0.3, 0.4) is 0 Å². The van der Waals surface area contributed by atoms with E-state index in [0.29, 0.717) is 0 Å². The highest BCUT2D eigenvalue weighted by Gasteiger charge is 2.11. The predicted octanol–water partition coefficient (Wildman–Crippen LogP) is 1.34. The molecule has 0 aliphatic heterocycles. The van der Waals surface area contributed by atoms with Gasteiger partial charge in [0.2, 0.25) is 0 Å². The van der Waals surface area contributed by atoms with Gasteiger partial charge in [-0.05, 0) is 6.92 Å². The lowest BCUT2D eigenvalue weighted by atomic mass is 10.4. The van der Waals surface area contributed by atoms with E-state index in [1.165, 1.54) is 18.4 Å². The van der Waals surface area contributed by atoms with Gasteiger partial charge in [-0.15, -0.1) is 11.3 Å². The average molecular weight is 171 g/mol. The Labute approximate surface area is 69.0 Å². The number of carbonyl (C=O) groups excluding carboxylic acids is 1. The smallest absolute Gasteiger partial charge is 0.164 e. The van der Waals surface area contributed by atoms with Crippen LogP contribution in [0.1, 0.15) is 16.0 Å². The first kappa shape index (κ1) is 8.36. The molecule has 1 aromatic heterocycles. The van der Waals surface area contributed by atoms with Gasteiger partial charge in [0.1, 0.15) is 5.01 Å². The molecular formula is C7H9NO2S. The number of aryl methyl sites for hydroxylation is 1. The van der Waals surface area contributed by atoms with Gasteiger partial charge in [0.05, 0.1) is 0 Å². The average Bonchev–Trinajstić information content (AvgIpc) is 2.39. The highest BCUT2D eigenvalue weighted by Crippen LogP contribution is 2.19. The van der Waals surface area contributed by atoms with E-state index in [4.69, 9.17) is 4.74 Å². The van der Waals surface area contributed by atoms with E-state index in [2.05, 4.69) is 4.98 Å². The molecule has 1 aromatic rings. The van der Waals surface area contributed by atoms with Gasteiger partial charge < -0.3 is 4.74 Å². The van der Waals surface area contributed by atoms with Crippen LogP contribution in [0, 0.1) is 6.92 Å². The summed E-state index contributed by atoms with van der Waals surface area (Å²) < 4.78 is 4.88. The van der Waals surface area contributed by atoms with Crippen LogP contribution in [0.2, 0.25) is 0 Å². The van der Waals surface area contributed by atoms with Gasteiger partial charge in [0.15, 0.2) is 12.4 Å². The SMILES string of the molecule is COC(C=O)c1ncc(C)s1. The minimum absolute atomic E-state index is 0.492. The fraction of sp³-hybridized carbons (Fsp3) is 0.429. The molecule has 0 spiro atoms. The Morgan fingerprint density at radius 2 is 2.55 bits per heavy atom. The lowest BCUT2D eigenvalue weighted by Crippen LogP contribution is -2.00. The summed E-state index contributed by atoms with van der Waals surface area (Å²) in [6, 6.07) is 0. The third kappa shape index (κ3) is 1.85. The van der Waals surface area contributed by atoms with Crippen LogP contribution in [0.5, 0.6) is 0 Å². The van der Waals surface area contributed by atoms with E-state index in [1.807, 2.05) is 6.92 Å². The predicted molar refractivity (Wildman–Crippen MR) is 42.7 cm³/mol. The van der Waals surface area contributed by atoms with E-state index in [1.54, 1.807) is 6.20 Å². The van der Waals surface area contributed by atoms with Crippen molar-refractivity contribution >= 4 is 17.6 Å². The number of methoxy groups -OCH3 is 1. The van der Waals surface area contributed by atoms with Gasteiger partial charge in [0, 0.05) is 18.2 Å². The fourth-order valence-electron chi connectivity index (χ4n) is 0.718. The number of thiazole rings is 1. The van der Waals surface area contributed by atoms with Crippen molar-refractivity contribution in [1.82, 2.24) is 4.98 Å². The second-order valence-electron chi connectivity index (χ2n) is 2.10. The molecule has 0 radical (unpaired) electrons. The monoisotopic (exact) mass is 171 g/mol. The second kappa shape index (κ2) is 3.59. The molecule has 1 unspecified atom stereocenters. The van der Waals surface area contributed by atoms with Crippen LogP contribution in [0.25, 0.3) is 0 Å². The van der Waals surface area contributed by atoms with Crippen LogP contribution < -0.4 is 0 Å². The summed E-state index contributed by atoms with van der Waals surface area (Å²) in [4.78, 5) is 15.5. The molecule has 0 fully saturated rings. The Balaban J connectivity index is 2.81. The number of hydrogen-bond acceptors (Lipinski definition) is 4. The summed E-state index contributed by atoms with van der Waals surface area (Å²) in [5, 5.41) is 0.722. The molecule has 0 bridgehead atoms. The maximum absolute atomic E-state index is 10.4. The van der Waals surface area contributed by atoms with Crippen LogP contribution >= 0.6 is 11.3 Å². The topological polar surface area (TPSA) is 39.2 Å². The summed E-state index contributed by atoms with van der Waals surface area (Å²) in [6.45, 7) is 1.94. The van der Waals surface area contributed by atoms with Crippen LogP contribution in [0.4, 0.5) is 0 Å². The zero-order chi connectivity index (χ0) is 8.27. The minimum atomic E-state index is -0.492. The van der Waals surface area contributed by atoms with Crippen molar-refractivity contribution < 1.29 is 9.53 Å². The van der Waals surface area contributed by atoms with E-state index in [-0.39, 0.29) is 0 Å². The Bertz CT molecular complexity index is 246. The number of aldehydes is 1. The first-order valence-electron chi connectivity index (χ1n) is 3.18. The van der Waals surface area contributed by atoms with Crippen molar-refractivity contribution in [2.24, 2.45) is 0 Å². The van der Waals surface area contributed by atoms with Crippen molar-refractivity contribution in [2.45, 2.75) is 13.0 Å². The van der Waals surface area contributed by atoms with E-state index >= 15 is 0 Å². The second-order valence-corrected chi connectivity index (χ2v) is 3.37. The maximum atomic E-state index is 10.4. The molecule has 4 heteroatoms. The fourth-order valence-corrected chi connectivity index (χ4v) is 1.53. The molecule has 0 saturated carbocycles. The Kier molecular flexibility index (Phi) is 2.73. The highest BCUT2D eigenvalue weighted by molar-refractivity contribution is 7.11. The highest BCUT2D eigenvalue weighted by atomic mass is 32.1. The molecule has 1 heterocycles. The number of aromatic nitrogens is 1. The summed E-state index contributed by atoms with van der Waals surface area (Å²) in [5.41, 5.74) is 0. The lowest BCUT2D eigenvalue weighted by Gasteiger charge is -2.01. The standard InChI is InChI=1S/C7H9NO2S/c1-5-3-8-7(11-5)6(4-9)10-2/h3-4,6H,1-2H3. The quantitative estimate of drug-likeness (QED) is 0.644. The Morgan fingerprint density at radius 1 is 1.82 bits per heavy atom. The zero-order valence-electron chi connectivity index (χ0n) is 6.40. The molecule has 3 nitrogen and oxygen atoms in total. The third-order valence-corrected chi connectivity index (χ3v) is 2.23. The molecule has 0 aliphatic rings. The minimum Gasteiger partial charge on any atom is -0.367 e. The zero-order valence-corrected chi connectivity index (χ0v) is 7.22. The van der Waals surface area contributed by atoms with Gasteiger partial charge >= 0.3 is 0 Å². The number of ether oxygens (including phenoxy) is 1. The molecule has 0 aromatic carbocycles. The lowest BCUT2D eigenvalue weighted by molar-refractivity contribution is -0.116. The summed E-state index contributed by atoms with van der Waals surface area (Å²) >= 11 is 1.48. The van der Waals surface area contributed by atoms with Gasteiger partial charge in [-0.25, -0.2) is 4.98 Å². The van der Waals surface area contributed by atoms with Crippen LogP contribution in [0.15, 0.2) is 6.20 Å². The Morgan fingerprint density at radius 3 is 2.91 bits per heavy atom. The van der Waals surface area contributed by atoms with E-state index in [9.17, 15) is 4.79 Å². The van der Waals surface area contributed by atoms with Crippen molar-refractivity contribution in [1.29, 1.82) is 0 Å². The molecule has 1 rings (SSSR count). The molecule has 0 saturated heterocycles. The number of hydrogen-bond donors (Lipinski definition) is 0. The molecule has 0 aliphatic carbocycles.